The molecule has 0 N–H and O–H groups in total. The number of aromatic nitrogens is 2. The van der Waals surface area contributed by atoms with Crippen LogP contribution in [0.4, 0.5) is 0 Å². The van der Waals surface area contributed by atoms with Crippen LogP contribution in [-0.4, -0.2) is 23.0 Å². The fourth-order valence-corrected chi connectivity index (χ4v) is 1.37. The highest BCUT2D eigenvalue weighted by Gasteiger charge is 2.05. The molecule has 12 heavy (non-hydrogen) atoms. The molecule has 0 aliphatic heterocycles. The normalized spacial score (nSPS) is 13.3. The van der Waals surface area contributed by atoms with Crippen LogP contribution in [0.2, 0.25) is 5.02 Å². The summed E-state index contributed by atoms with van der Waals surface area (Å²) >= 11 is 7.92. The van der Waals surface area contributed by atoms with Gasteiger partial charge in [0.25, 0.3) is 0 Å². The molecule has 0 fully saturated rings. The summed E-state index contributed by atoms with van der Waals surface area (Å²) in [5, 5.41) is 4.88. The molecule has 1 rings (SSSR count). The maximum atomic E-state index is 5.82. The SMILES string of the molecule is COC(C)Cn1cc(Cl)c(I)n1. The minimum Gasteiger partial charge on any atom is -0.380 e. The van der Waals surface area contributed by atoms with Gasteiger partial charge in [0.05, 0.1) is 17.7 Å². The van der Waals surface area contributed by atoms with Crippen molar-refractivity contribution in [2.24, 2.45) is 0 Å². The van der Waals surface area contributed by atoms with E-state index in [1.165, 1.54) is 0 Å². The van der Waals surface area contributed by atoms with E-state index in [0.29, 0.717) is 5.02 Å². The summed E-state index contributed by atoms with van der Waals surface area (Å²) in [5.41, 5.74) is 0. The Kier molecular flexibility index (Phi) is 3.79. The Morgan fingerprint density at radius 2 is 2.50 bits per heavy atom. The minimum atomic E-state index is 0.164. The molecule has 0 aromatic carbocycles. The van der Waals surface area contributed by atoms with E-state index in [2.05, 4.69) is 27.7 Å². The first kappa shape index (κ1) is 10.3. The second kappa shape index (κ2) is 4.43. The third-order valence-electron chi connectivity index (χ3n) is 1.52. The molecule has 0 aliphatic rings. The quantitative estimate of drug-likeness (QED) is 0.800. The molecule has 1 heterocycles. The molecule has 68 valence electrons. The number of methoxy groups -OCH3 is 1. The first-order valence-corrected chi connectivity index (χ1v) is 5.00. The number of halogens is 2. The van der Waals surface area contributed by atoms with Crippen molar-refractivity contribution < 1.29 is 4.74 Å². The standard InChI is InChI=1S/C7H10ClIN2O/c1-5(12-2)3-11-4-6(8)7(9)10-11/h4-5H,3H2,1-2H3. The van der Waals surface area contributed by atoms with Crippen molar-refractivity contribution in [2.75, 3.05) is 7.11 Å². The Hall–Kier alpha value is 0.190. The maximum absolute atomic E-state index is 5.82. The monoisotopic (exact) mass is 300 g/mol. The van der Waals surface area contributed by atoms with Crippen LogP contribution in [0, 0.1) is 3.70 Å². The Bertz CT molecular complexity index is 244. The van der Waals surface area contributed by atoms with Crippen molar-refractivity contribution >= 4 is 34.2 Å². The summed E-state index contributed by atoms with van der Waals surface area (Å²) in [6.07, 6.45) is 1.97. The van der Waals surface area contributed by atoms with Crippen LogP contribution in [0.1, 0.15) is 6.92 Å². The molecule has 5 heteroatoms. The third kappa shape index (κ3) is 2.60. The van der Waals surface area contributed by atoms with Crippen molar-refractivity contribution in [3.8, 4) is 0 Å². The van der Waals surface area contributed by atoms with Crippen LogP contribution in [0.3, 0.4) is 0 Å². The summed E-state index contributed by atoms with van der Waals surface area (Å²) < 4.78 is 7.72. The number of nitrogens with zero attached hydrogens (tertiary/aromatic N) is 2. The fraction of sp³-hybridized carbons (Fsp3) is 0.571. The lowest BCUT2D eigenvalue weighted by atomic mass is 10.4. The predicted octanol–water partition coefficient (Wildman–Crippen LogP) is 2.18. The number of hydrogen-bond acceptors (Lipinski definition) is 2. The molecule has 0 bridgehead atoms. The minimum absolute atomic E-state index is 0.164. The van der Waals surface area contributed by atoms with Crippen LogP contribution in [0.25, 0.3) is 0 Å². The zero-order chi connectivity index (χ0) is 9.14. The number of rotatable bonds is 3. The molecular formula is C7H10ClIN2O. The molecule has 0 spiro atoms. The Morgan fingerprint density at radius 1 is 1.83 bits per heavy atom. The molecule has 0 aliphatic carbocycles. The molecule has 1 aromatic rings. The Labute approximate surface area is 90.2 Å². The third-order valence-corrected chi connectivity index (χ3v) is 2.91. The van der Waals surface area contributed by atoms with E-state index in [9.17, 15) is 0 Å². The van der Waals surface area contributed by atoms with Crippen molar-refractivity contribution in [3.63, 3.8) is 0 Å². The zero-order valence-corrected chi connectivity index (χ0v) is 9.83. The lowest BCUT2D eigenvalue weighted by molar-refractivity contribution is 0.0997. The maximum Gasteiger partial charge on any atom is 0.141 e. The van der Waals surface area contributed by atoms with Crippen molar-refractivity contribution in [3.05, 3.63) is 14.9 Å². The van der Waals surface area contributed by atoms with Gasteiger partial charge in [0.1, 0.15) is 3.70 Å². The van der Waals surface area contributed by atoms with Crippen LogP contribution in [-0.2, 0) is 11.3 Å². The van der Waals surface area contributed by atoms with Gasteiger partial charge in [-0.05, 0) is 29.5 Å². The smallest absolute Gasteiger partial charge is 0.141 e. The van der Waals surface area contributed by atoms with Gasteiger partial charge in [-0.1, -0.05) is 11.6 Å². The second-order valence-electron chi connectivity index (χ2n) is 2.54. The van der Waals surface area contributed by atoms with E-state index in [4.69, 9.17) is 16.3 Å². The predicted molar refractivity (Wildman–Crippen MR) is 56.4 cm³/mol. The molecule has 1 aromatic heterocycles. The average molecular weight is 301 g/mol. The van der Waals surface area contributed by atoms with Gasteiger partial charge in [0, 0.05) is 13.3 Å². The van der Waals surface area contributed by atoms with E-state index >= 15 is 0 Å². The van der Waals surface area contributed by atoms with Crippen molar-refractivity contribution in [2.45, 2.75) is 19.6 Å². The summed E-state index contributed by atoms with van der Waals surface area (Å²) in [6.45, 7) is 2.72. The summed E-state index contributed by atoms with van der Waals surface area (Å²) in [4.78, 5) is 0. The van der Waals surface area contributed by atoms with Gasteiger partial charge in [0.15, 0.2) is 0 Å². The van der Waals surface area contributed by atoms with Gasteiger partial charge in [-0.3, -0.25) is 4.68 Å². The molecule has 1 unspecified atom stereocenters. The average Bonchev–Trinajstić information content (AvgIpc) is 2.31. The van der Waals surface area contributed by atoms with Gasteiger partial charge in [-0.15, -0.1) is 0 Å². The Balaban J connectivity index is 2.64. The van der Waals surface area contributed by atoms with Crippen molar-refractivity contribution in [1.82, 2.24) is 9.78 Å². The zero-order valence-electron chi connectivity index (χ0n) is 6.92. The summed E-state index contributed by atoms with van der Waals surface area (Å²) in [5.74, 6) is 0. The topological polar surface area (TPSA) is 27.1 Å². The van der Waals surface area contributed by atoms with Gasteiger partial charge in [0.2, 0.25) is 0 Å². The van der Waals surface area contributed by atoms with Crippen LogP contribution >= 0.6 is 34.2 Å². The molecule has 0 saturated heterocycles. The van der Waals surface area contributed by atoms with E-state index in [-0.39, 0.29) is 6.10 Å². The number of hydrogen-bond donors (Lipinski definition) is 0. The highest BCUT2D eigenvalue weighted by Crippen LogP contribution is 2.15. The van der Waals surface area contributed by atoms with Gasteiger partial charge in [-0.25, -0.2) is 0 Å². The Morgan fingerprint density at radius 3 is 2.92 bits per heavy atom. The highest BCUT2D eigenvalue weighted by atomic mass is 127. The lowest BCUT2D eigenvalue weighted by Crippen LogP contribution is -2.14. The van der Waals surface area contributed by atoms with E-state index in [1.54, 1.807) is 18.0 Å². The molecule has 0 amide bonds. The summed E-state index contributed by atoms with van der Waals surface area (Å²) in [7, 11) is 1.68. The first-order chi connectivity index (χ1) is 5.63. The molecule has 0 saturated carbocycles. The van der Waals surface area contributed by atoms with E-state index in [1.807, 2.05) is 6.92 Å². The van der Waals surface area contributed by atoms with Crippen molar-refractivity contribution in [1.29, 1.82) is 0 Å². The van der Waals surface area contributed by atoms with E-state index < -0.39 is 0 Å². The molecule has 1 atom stereocenters. The molecule has 3 nitrogen and oxygen atoms in total. The van der Waals surface area contributed by atoms with Gasteiger partial charge >= 0.3 is 0 Å². The summed E-state index contributed by atoms with van der Waals surface area (Å²) in [6, 6.07) is 0. The van der Waals surface area contributed by atoms with Crippen LogP contribution in [0.15, 0.2) is 6.20 Å². The molecular weight excluding hydrogens is 290 g/mol. The van der Waals surface area contributed by atoms with Crippen LogP contribution in [0.5, 0.6) is 0 Å². The first-order valence-electron chi connectivity index (χ1n) is 3.54. The molecule has 0 radical (unpaired) electrons. The largest absolute Gasteiger partial charge is 0.380 e. The van der Waals surface area contributed by atoms with Gasteiger partial charge < -0.3 is 4.74 Å². The fourth-order valence-electron chi connectivity index (χ4n) is 0.805. The van der Waals surface area contributed by atoms with E-state index in [0.717, 1.165) is 10.2 Å². The number of ether oxygens (including phenoxy) is 1. The highest BCUT2D eigenvalue weighted by molar-refractivity contribution is 14.1. The van der Waals surface area contributed by atoms with Crippen LogP contribution < -0.4 is 0 Å². The lowest BCUT2D eigenvalue weighted by Gasteiger charge is -2.08. The van der Waals surface area contributed by atoms with Gasteiger partial charge in [-0.2, -0.15) is 5.10 Å². The second-order valence-corrected chi connectivity index (χ2v) is 3.97.